The molecule has 6 nitrogen and oxygen atoms in total. The molecule has 0 aliphatic carbocycles. The van der Waals surface area contributed by atoms with Crippen molar-refractivity contribution in [2.24, 2.45) is 0 Å². The number of carbonyl (C=O) groups is 2. The van der Waals surface area contributed by atoms with Crippen LogP contribution >= 0.6 is 0 Å². The molecule has 0 radical (unpaired) electrons. The molecule has 0 saturated carbocycles. The van der Waals surface area contributed by atoms with E-state index in [1.807, 2.05) is 0 Å². The Morgan fingerprint density at radius 2 is 1.21 bits per heavy atom. The average Bonchev–Trinajstić information content (AvgIpc) is 2.22. The lowest BCUT2D eigenvalue weighted by Crippen LogP contribution is -1.85. The highest BCUT2D eigenvalue weighted by Gasteiger charge is 2.06. The van der Waals surface area contributed by atoms with Gasteiger partial charge in [0.2, 0.25) is 0 Å². The second-order valence-electron chi connectivity index (χ2n) is 3.85. The van der Waals surface area contributed by atoms with E-state index < -0.39 is 11.9 Å². The van der Waals surface area contributed by atoms with Gasteiger partial charge in [-0.25, -0.2) is 0 Å². The Morgan fingerprint density at radius 1 is 0.895 bits per heavy atom. The maximum absolute atomic E-state index is 9.40. The quantitative estimate of drug-likeness (QED) is 0.538. The third-order valence-corrected chi connectivity index (χ3v) is 2.03. The highest BCUT2D eigenvalue weighted by Crippen LogP contribution is 2.30. The van der Waals surface area contributed by atoms with Crippen LogP contribution in [0.4, 0.5) is 0 Å². The normalized spacial score (nSPS) is 8.47. The number of aryl methyl sites for hydroxylation is 1. The van der Waals surface area contributed by atoms with Gasteiger partial charge < -0.3 is 20.4 Å². The summed E-state index contributed by atoms with van der Waals surface area (Å²) in [5.74, 6) is -1.14. The minimum absolute atomic E-state index is 0.248. The fourth-order valence-electron chi connectivity index (χ4n) is 1.05. The third-order valence-electron chi connectivity index (χ3n) is 2.03. The van der Waals surface area contributed by atoms with Crippen molar-refractivity contribution < 1.29 is 30.0 Å². The lowest BCUT2D eigenvalue weighted by atomic mass is 10.0. The minimum Gasteiger partial charge on any atom is -0.508 e. The maximum Gasteiger partial charge on any atom is 0.300 e. The molecular weight excluding hydrogens is 252 g/mol. The molecule has 0 bridgehead atoms. The Kier molecular flexibility index (Phi) is 8.84. The van der Waals surface area contributed by atoms with Gasteiger partial charge in [-0.05, 0) is 43.5 Å². The van der Waals surface area contributed by atoms with Gasteiger partial charge in [0, 0.05) is 13.8 Å². The van der Waals surface area contributed by atoms with Crippen molar-refractivity contribution in [1.82, 2.24) is 0 Å². The molecule has 6 heteroatoms. The van der Waals surface area contributed by atoms with E-state index in [2.05, 4.69) is 0 Å². The zero-order chi connectivity index (χ0) is 15.7. The average molecular weight is 272 g/mol. The van der Waals surface area contributed by atoms with Crippen LogP contribution < -0.4 is 0 Å². The van der Waals surface area contributed by atoms with Crippen LogP contribution in [-0.2, 0) is 9.59 Å². The molecule has 0 aliphatic rings. The number of rotatable bonds is 0. The number of aliphatic carboxylic acids is 2. The molecule has 0 saturated heterocycles. The van der Waals surface area contributed by atoms with Gasteiger partial charge in [0.1, 0.15) is 11.5 Å². The zero-order valence-corrected chi connectivity index (χ0v) is 11.7. The number of benzene rings is 1. The Morgan fingerprint density at radius 3 is 1.53 bits per heavy atom. The smallest absolute Gasteiger partial charge is 0.300 e. The molecule has 0 heterocycles. The fourth-order valence-corrected chi connectivity index (χ4v) is 1.05. The fraction of sp³-hybridized carbons (Fsp3) is 0.385. The largest absolute Gasteiger partial charge is 0.508 e. The highest BCUT2D eigenvalue weighted by molar-refractivity contribution is 5.63. The predicted octanol–water partition coefficient (Wildman–Crippen LogP) is 2.20. The van der Waals surface area contributed by atoms with Gasteiger partial charge in [0.05, 0.1) is 0 Å². The van der Waals surface area contributed by atoms with Gasteiger partial charge in [0.25, 0.3) is 11.9 Å². The van der Waals surface area contributed by atoms with Gasteiger partial charge in [-0.2, -0.15) is 0 Å². The van der Waals surface area contributed by atoms with E-state index in [1.165, 1.54) is 0 Å². The van der Waals surface area contributed by atoms with Crippen LogP contribution in [0.5, 0.6) is 11.5 Å². The number of carboxylic acids is 2. The number of aromatic hydroxyl groups is 2. The molecule has 0 unspecified atom stereocenters. The number of phenolic OH excluding ortho intramolecular Hbond substituents is 2. The summed E-state index contributed by atoms with van der Waals surface area (Å²) in [6.45, 7) is 7.50. The van der Waals surface area contributed by atoms with Crippen LogP contribution in [0.1, 0.15) is 30.5 Å². The lowest BCUT2D eigenvalue weighted by Gasteiger charge is -2.07. The van der Waals surface area contributed by atoms with Crippen LogP contribution in [0, 0.1) is 20.8 Å². The van der Waals surface area contributed by atoms with Gasteiger partial charge in [-0.3, -0.25) is 9.59 Å². The standard InChI is InChI=1S/C9H12O2.2C2H4O2/c1-5-4-8(10)6(2)7(3)9(5)11;2*1-2(3)4/h4,10-11H,1-3H3;2*1H3,(H,3,4). The third kappa shape index (κ3) is 9.46. The van der Waals surface area contributed by atoms with Crippen molar-refractivity contribution >= 4 is 11.9 Å². The van der Waals surface area contributed by atoms with Crippen molar-refractivity contribution in [3.63, 3.8) is 0 Å². The molecule has 0 spiro atoms. The summed E-state index contributed by atoms with van der Waals surface area (Å²) in [6, 6.07) is 1.57. The van der Waals surface area contributed by atoms with Crippen molar-refractivity contribution in [1.29, 1.82) is 0 Å². The Bertz CT molecular complexity index is 405. The van der Waals surface area contributed by atoms with Crippen molar-refractivity contribution in [3.8, 4) is 11.5 Å². The van der Waals surface area contributed by atoms with Crippen LogP contribution in [0.2, 0.25) is 0 Å². The molecule has 1 aromatic carbocycles. The predicted molar refractivity (Wildman–Crippen MR) is 70.6 cm³/mol. The van der Waals surface area contributed by atoms with E-state index in [0.717, 1.165) is 25.0 Å². The van der Waals surface area contributed by atoms with E-state index in [-0.39, 0.29) is 11.5 Å². The summed E-state index contributed by atoms with van der Waals surface area (Å²) in [4.78, 5) is 18.0. The summed E-state index contributed by atoms with van der Waals surface area (Å²) in [6.07, 6.45) is 0. The van der Waals surface area contributed by atoms with Crippen molar-refractivity contribution in [2.45, 2.75) is 34.6 Å². The molecule has 0 atom stereocenters. The highest BCUT2D eigenvalue weighted by atomic mass is 16.4. The van der Waals surface area contributed by atoms with Gasteiger partial charge >= 0.3 is 0 Å². The molecule has 0 fully saturated rings. The topological polar surface area (TPSA) is 115 Å². The lowest BCUT2D eigenvalue weighted by molar-refractivity contribution is -0.135. The maximum atomic E-state index is 9.40. The first-order valence-corrected chi connectivity index (χ1v) is 5.38. The molecule has 0 aliphatic heterocycles. The van der Waals surface area contributed by atoms with Gasteiger partial charge in [0.15, 0.2) is 0 Å². The van der Waals surface area contributed by atoms with Gasteiger partial charge in [-0.15, -0.1) is 0 Å². The summed E-state index contributed by atoms with van der Waals surface area (Å²) >= 11 is 0. The van der Waals surface area contributed by atoms with Crippen LogP contribution in [0.25, 0.3) is 0 Å². The van der Waals surface area contributed by atoms with Crippen LogP contribution in [0.3, 0.4) is 0 Å². The zero-order valence-electron chi connectivity index (χ0n) is 11.7. The number of carboxylic acid groups (broad SMARTS) is 2. The summed E-state index contributed by atoms with van der Waals surface area (Å²) < 4.78 is 0. The Labute approximate surface area is 111 Å². The number of hydrogen-bond acceptors (Lipinski definition) is 4. The first-order valence-electron chi connectivity index (χ1n) is 5.38. The van der Waals surface area contributed by atoms with E-state index in [4.69, 9.17) is 19.8 Å². The number of hydrogen-bond donors (Lipinski definition) is 4. The summed E-state index contributed by atoms with van der Waals surface area (Å²) in [5.41, 5.74) is 2.21. The molecular formula is C13H20O6. The van der Waals surface area contributed by atoms with Crippen molar-refractivity contribution in [3.05, 3.63) is 22.8 Å². The molecule has 1 rings (SSSR count). The molecule has 1 aromatic rings. The first-order chi connectivity index (χ1) is 8.50. The van der Waals surface area contributed by atoms with Crippen LogP contribution in [0.15, 0.2) is 6.07 Å². The van der Waals surface area contributed by atoms with E-state index >= 15 is 0 Å². The first kappa shape index (κ1) is 19.1. The monoisotopic (exact) mass is 272 g/mol. The molecule has 4 N–H and O–H groups in total. The second-order valence-corrected chi connectivity index (χ2v) is 3.85. The SMILES string of the molecule is CC(=O)O.CC(=O)O.Cc1cc(O)c(C)c(C)c1O. The Hall–Kier alpha value is -2.24. The van der Waals surface area contributed by atoms with E-state index in [0.29, 0.717) is 5.56 Å². The van der Waals surface area contributed by atoms with Crippen LogP contribution in [-0.4, -0.2) is 32.4 Å². The second kappa shape index (κ2) is 8.79. The molecule has 19 heavy (non-hydrogen) atoms. The van der Waals surface area contributed by atoms with E-state index in [9.17, 15) is 10.2 Å². The Balaban J connectivity index is 0. The molecule has 108 valence electrons. The number of phenols is 2. The molecule has 0 aromatic heterocycles. The minimum atomic E-state index is -0.833. The van der Waals surface area contributed by atoms with Crippen molar-refractivity contribution in [2.75, 3.05) is 0 Å². The van der Waals surface area contributed by atoms with Gasteiger partial charge in [-0.1, -0.05) is 0 Å². The molecule has 0 amide bonds. The summed E-state index contributed by atoms with van der Waals surface area (Å²) in [5, 5.41) is 33.5. The van der Waals surface area contributed by atoms with E-state index in [1.54, 1.807) is 26.8 Å². The summed E-state index contributed by atoms with van der Waals surface area (Å²) in [7, 11) is 0.